The van der Waals surface area contributed by atoms with Crippen LogP contribution in [0.15, 0.2) is 24.3 Å². The predicted molar refractivity (Wildman–Crippen MR) is 125 cm³/mol. The third-order valence-corrected chi connectivity index (χ3v) is 6.03. The molecule has 0 bridgehead atoms. The first kappa shape index (κ1) is 27.4. The van der Waals surface area contributed by atoms with Gasteiger partial charge in [0.2, 0.25) is 0 Å². The van der Waals surface area contributed by atoms with E-state index in [-0.39, 0.29) is 30.8 Å². The Morgan fingerprint density at radius 2 is 1.58 bits per heavy atom. The Morgan fingerprint density at radius 1 is 0.903 bits per heavy atom. The zero-order chi connectivity index (χ0) is 22.9. The van der Waals surface area contributed by atoms with Crippen molar-refractivity contribution in [2.24, 2.45) is 11.8 Å². The molecule has 4 atom stereocenters. The van der Waals surface area contributed by atoms with E-state index in [1.165, 1.54) is 46.0 Å². The summed E-state index contributed by atoms with van der Waals surface area (Å²) in [5, 5.41) is 9.01. The van der Waals surface area contributed by atoms with Crippen LogP contribution < -0.4 is 0 Å². The Hall–Kier alpha value is -1.62. The van der Waals surface area contributed by atoms with E-state index in [0.717, 1.165) is 44.9 Å². The quantitative estimate of drug-likeness (QED) is 0.174. The molecule has 0 aromatic carbocycles. The van der Waals surface area contributed by atoms with Gasteiger partial charge >= 0.3 is 11.9 Å². The Bertz CT molecular complexity index is 554. The summed E-state index contributed by atoms with van der Waals surface area (Å²) < 4.78 is 11.0. The van der Waals surface area contributed by atoms with Crippen molar-refractivity contribution in [3.63, 3.8) is 0 Å². The van der Waals surface area contributed by atoms with Crippen LogP contribution >= 0.6 is 0 Å². The minimum atomic E-state index is -0.240. The molecule has 5 heteroatoms. The first-order valence-electron chi connectivity index (χ1n) is 12.3. The molecule has 0 spiro atoms. The summed E-state index contributed by atoms with van der Waals surface area (Å²) in [6.07, 6.45) is 20.7. The van der Waals surface area contributed by atoms with Crippen molar-refractivity contribution in [1.29, 1.82) is 0 Å². The van der Waals surface area contributed by atoms with Gasteiger partial charge in [-0.2, -0.15) is 0 Å². The van der Waals surface area contributed by atoms with E-state index in [2.05, 4.69) is 13.0 Å². The van der Waals surface area contributed by atoms with Gasteiger partial charge in [-0.1, -0.05) is 57.3 Å². The van der Waals surface area contributed by atoms with E-state index < -0.39 is 0 Å². The molecule has 1 saturated carbocycles. The summed E-state index contributed by atoms with van der Waals surface area (Å²) in [6.45, 7) is 5.32. The molecule has 2 unspecified atom stereocenters. The molecule has 1 rings (SSSR count). The van der Waals surface area contributed by atoms with E-state index in [9.17, 15) is 9.59 Å². The molecule has 31 heavy (non-hydrogen) atoms. The van der Waals surface area contributed by atoms with E-state index >= 15 is 0 Å². The fourth-order valence-electron chi connectivity index (χ4n) is 4.21. The number of allylic oxidation sites excluding steroid dienone is 3. The van der Waals surface area contributed by atoms with Crippen LogP contribution in [0.25, 0.3) is 0 Å². The smallest absolute Gasteiger partial charge is 0.303 e. The molecule has 1 aliphatic rings. The number of aliphatic hydroxyl groups excluding tert-OH is 1. The molecule has 1 N–H and O–H groups in total. The van der Waals surface area contributed by atoms with Gasteiger partial charge in [0.1, 0.15) is 12.2 Å². The number of hydrogen-bond donors (Lipinski definition) is 1. The highest BCUT2D eigenvalue weighted by molar-refractivity contribution is 5.66. The van der Waals surface area contributed by atoms with Crippen molar-refractivity contribution in [3.8, 4) is 0 Å². The highest BCUT2D eigenvalue weighted by Crippen LogP contribution is 2.40. The van der Waals surface area contributed by atoms with Gasteiger partial charge in [-0.3, -0.25) is 9.59 Å². The molecule has 0 heterocycles. The van der Waals surface area contributed by atoms with Gasteiger partial charge in [-0.15, -0.1) is 0 Å². The molecule has 0 aromatic heterocycles. The summed E-state index contributed by atoms with van der Waals surface area (Å²) in [6, 6.07) is 0. The maximum atomic E-state index is 11.5. The number of rotatable bonds is 17. The zero-order valence-corrected chi connectivity index (χ0v) is 19.9. The second-order valence-corrected chi connectivity index (χ2v) is 8.75. The van der Waals surface area contributed by atoms with E-state index in [1.807, 2.05) is 18.2 Å². The largest absolute Gasteiger partial charge is 0.462 e. The minimum Gasteiger partial charge on any atom is -0.462 e. The lowest BCUT2D eigenvalue weighted by molar-refractivity contribution is -0.153. The summed E-state index contributed by atoms with van der Waals surface area (Å²) in [5.74, 6) is 0.270. The molecule has 1 aliphatic carbocycles. The zero-order valence-electron chi connectivity index (χ0n) is 19.9. The molecule has 0 aromatic rings. The topological polar surface area (TPSA) is 72.8 Å². The minimum absolute atomic E-state index is 0.0714. The fraction of sp³-hybridized carbons (Fsp3) is 0.769. The summed E-state index contributed by atoms with van der Waals surface area (Å²) in [5.41, 5.74) is 0. The summed E-state index contributed by atoms with van der Waals surface area (Å²) in [7, 11) is 0. The van der Waals surface area contributed by atoms with Gasteiger partial charge in [0.15, 0.2) is 0 Å². The maximum Gasteiger partial charge on any atom is 0.303 e. The normalized spacial score (nSPS) is 20.5. The Labute approximate surface area is 189 Å². The first-order chi connectivity index (χ1) is 15.0. The Morgan fingerprint density at radius 3 is 2.19 bits per heavy atom. The Kier molecular flexibility index (Phi) is 15.0. The first-order valence-corrected chi connectivity index (χ1v) is 12.3. The molecule has 0 saturated heterocycles. The average molecular weight is 437 g/mol. The highest BCUT2D eigenvalue weighted by Gasteiger charge is 2.36. The molecule has 178 valence electrons. The van der Waals surface area contributed by atoms with Gasteiger partial charge in [-0.05, 0) is 56.9 Å². The number of carbonyl (C=O) groups excluding carboxylic acids is 2. The van der Waals surface area contributed by atoms with Crippen LogP contribution in [-0.2, 0) is 19.1 Å². The standard InChI is InChI=1S/C26H44O5/c1-4-5-6-7-8-9-15-24(30-21(2)28)16-11-10-14-23-18-19-25(23)26(31-22(3)29)17-12-13-20-27/h10-11,14,16,23-27H,4-9,12-13,15,17-20H2,1-3H3/b14-10+,16-11+/t23-,24?,25-,26?/m1/s1. The monoisotopic (exact) mass is 436 g/mol. The van der Waals surface area contributed by atoms with Gasteiger partial charge in [0.05, 0.1) is 0 Å². The van der Waals surface area contributed by atoms with Crippen LogP contribution in [0.1, 0.15) is 97.8 Å². The van der Waals surface area contributed by atoms with Gasteiger partial charge < -0.3 is 14.6 Å². The second kappa shape index (κ2) is 17.0. The van der Waals surface area contributed by atoms with Crippen LogP contribution in [0.2, 0.25) is 0 Å². The predicted octanol–water partition coefficient (Wildman–Crippen LogP) is 5.90. The van der Waals surface area contributed by atoms with Gasteiger partial charge in [0.25, 0.3) is 0 Å². The Balaban J connectivity index is 2.50. The maximum absolute atomic E-state index is 11.5. The van der Waals surface area contributed by atoms with E-state index in [0.29, 0.717) is 11.8 Å². The number of aliphatic hydroxyl groups is 1. The lowest BCUT2D eigenvalue weighted by Crippen LogP contribution is -2.37. The van der Waals surface area contributed by atoms with Gasteiger partial charge in [-0.25, -0.2) is 0 Å². The molecule has 0 aliphatic heterocycles. The van der Waals surface area contributed by atoms with Crippen LogP contribution in [0, 0.1) is 11.8 Å². The molecule has 5 nitrogen and oxygen atoms in total. The van der Waals surface area contributed by atoms with Crippen molar-refractivity contribution in [2.75, 3.05) is 6.61 Å². The fourth-order valence-corrected chi connectivity index (χ4v) is 4.21. The number of carbonyl (C=O) groups is 2. The van der Waals surface area contributed by atoms with Crippen molar-refractivity contribution < 1.29 is 24.2 Å². The third kappa shape index (κ3) is 12.7. The highest BCUT2D eigenvalue weighted by atomic mass is 16.5. The molecule has 1 fully saturated rings. The molecule has 0 amide bonds. The van der Waals surface area contributed by atoms with Crippen LogP contribution in [0.5, 0.6) is 0 Å². The lowest BCUT2D eigenvalue weighted by atomic mass is 9.69. The van der Waals surface area contributed by atoms with Gasteiger partial charge in [0, 0.05) is 26.4 Å². The summed E-state index contributed by atoms with van der Waals surface area (Å²) in [4.78, 5) is 22.9. The van der Waals surface area contributed by atoms with Crippen LogP contribution in [0.3, 0.4) is 0 Å². The van der Waals surface area contributed by atoms with E-state index in [4.69, 9.17) is 14.6 Å². The van der Waals surface area contributed by atoms with Crippen LogP contribution in [0.4, 0.5) is 0 Å². The SMILES string of the molecule is CCCCCCCCC(/C=C/C=C/[C@@H]1CC[C@H]1C(CCCCO)OC(C)=O)OC(C)=O. The van der Waals surface area contributed by atoms with Crippen LogP contribution in [-0.4, -0.2) is 35.9 Å². The van der Waals surface area contributed by atoms with Crippen molar-refractivity contribution >= 4 is 11.9 Å². The second-order valence-electron chi connectivity index (χ2n) is 8.75. The average Bonchev–Trinajstić information content (AvgIpc) is 2.68. The van der Waals surface area contributed by atoms with Crippen molar-refractivity contribution in [2.45, 2.75) is 110 Å². The van der Waals surface area contributed by atoms with E-state index in [1.54, 1.807) is 0 Å². The number of ether oxygens (including phenoxy) is 2. The third-order valence-electron chi connectivity index (χ3n) is 6.03. The lowest BCUT2D eigenvalue weighted by Gasteiger charge is -2.39. The summed E-state index contributed by atoms with van der Waals surface area (Å²) >= 11 is 0. The van der Waals surface area contributed by atoms with Crippen molar-refractivity contribution in [1.82, 2.24) is 0 Å². The number of esters is 2. The van der Waals surface area contributed by atoms with Crippen molar-refractivity contribution in [3.05, 3.63) is 24.3 Å². The molecular formula is C26H44O5. The number of unbranched alkanes of at least 4 members (excludes halogenated alkanes) is 6. The molecule has 0 radical (unpaired) electrons. The molecular weight excluding hydrogens is 392 g/mol. The number of hydrogen-bond acceptors (Lipinski definition) is 5.